The van der Waals surface area contributed by atoms with Gasteiger partial charge in [0, 0.05) is 32.6 Å². The minimum atomic E-state index is -3.62. The molecule has 3 aromatic rings. The van der Waals surface area contributed by atoms with Crippen molar-refractivity contribution >= 4 is 21.7 Å². The predicted octanol–water partition coefficient (Wildman–Crippen LogP) is 1.87. The number of sulfonamides is 1. The highest BCUT2D eigenvalue weighted by molar-refractivity contribution is 7.89. The number of hydrogen-bond donors (Lipinski definition) is 2. The molecule has 0 aliphatic carbocycles. The molecule has 2 aromatic heterocycles. The molecular formula is C20H26N6O4S. The molecule has 0 atom stereocenters. The summed E-state index contributed by atoms with van der Waals surface area (Å²) in [6, 6.07) is 8.17. The lowest BCUT2D eigenvalue weighted by atomic mass is 10.3. The van der Waals surface area contributed by atoms with Gasteiger partial charge in [-0.05, 0) is 37.3 Å². The minimum Gasteiger partial charge on any atom is -0.382 e. The minimum absolute atomic E-state index is 0.162. The maximum absolute atomic E-state index is 12.4. The Hall–Kier alpha value is -2.86. The number of nitrogens with one attached hydrogen (secondary N) is 2. The van der Waals surface area contributed by atoms with Gasteiger partial charge in [0.2, 0.25) is 16.0 Å². The number of nitrogens with zero attached hydrogens (tertiary/aromatic N) is 4. The molecule has 1 aromatic carbocycles. The lowest BCUT2D eigenvalue weighted by Gasteiger charge is -2.10. The van der Waals surface area contributed by atoms with Crippen molar-refractivity contribution < 1.29 is 17.9 Å². The Labute approximate surface area is 181 Å². The van der Waals surface area contributed by atoms with Crippen LogP contribution in [0.5, 0.6) is 0 Å². The highest BCUT2D eigenvalue weighted by atomic mass is 32.2. The van der Waals surface area contributed by atoms with Gasteiger partial charge < -0.3 is 19.4 Å². The summed E-state index contributed by atoms with van der Waals surface area (Å²) in [5.41, 5.74) is 2.28. The zero-order valence-electron chi connectivity index (χ0n) is 17.7. The molecule has 3 rings (SSSR count). The van der Waals surface area contributed by atoms with Gasteiger partial charge in [0.05, 0.1) is 42.3 Å². The molecule has 0 fully saturated rings. The summed E-state index contributed by atoms with van der Waals surface area (Å²) in [6.45, 7) is 3.26. The SMILES string of the molecule is COCCOCCNS(=O)(=O)c1ccc(Nc2nccc(-c3cnc(C)n3C)n2)cc1. The first-order valence-electron chi connectivity index (χ1n) is 9.66. The van der Waals surface area contributed by atoms with E-state index in [4.69, 9.17) is 9.47 Å². The Morgan fingerprint density at radius 1 is 1.06 bits per heavy atom. The fourth-order valence-corrected chi connectivity index (χ4v) is 3.74. The van der Waals surface area contributed by atoms with Crippen LogP contribution < -0.4 is 10.0 Å². The van der Waals surface area contributed by atoms with Crippen LogP contribution in [0.25, 0.3) is 11.4 Å². The molecule has 0 saturated heterocycles. The van der Waals surface area contributed by atoms with Crippen molar-refractivity contribution in [3.05, 3.63) is 48.5 Å². The fraction of sp³-hybridized carbons (Fsp3) is 0.350. The second-order valence-corrected chi connectivity index (χ2v) is 8.43. The molecule has 0 saturated carbocycles. The Bertz CT molecular complexity index is 1100. The predicted molar refractivity (Wildman–Crippen MR) is 117 cm³/mol. The largest absolute Gasteiger partial charge is 0.382 e. The molecule has 2 heterocycles. The second kappa shape index (κ2) is 10.4. The van der Waals surface area contributed by atoms with Crippen LogP contribution in [0.15, 0.2) is 47.6 Å². The van der Waals surface area contributed by atoms with Crippen molar-refractivity contribution in [2.45, 2.75) is 11.8 Å². The molecule has 31 heavy (non-hydrogen) atoms. The summed E-state index contributed by atoms with van der Waals surface area (Å²) in [7, 11) is -0.117. The van der Waals surface area contributed by atoms with Crippen LogP contribution in [0, 0.1) is 6.92 Å². The van der Waals surface area contributed by atoms with E-state index in [-0.39, 0.29) is 18.0 Å². The van der Waals surface area contributed by atoms with E-state index >= 15 is 0 Å². The second-order valence-electron chi connectivity index (χ2n) is 6.67. The quantitative estimate of drug-likeness (QED) is 0.428. The van der Waals surface area contributed by atoms with Crippen LogP contribution in [-0.2, 0) is 26.5 Å². The summed E-state index contributed by atoms with van der Waals surface area (Å²) in [4.78, 5) is 13.2. The molecule has 166 valence electrons. The Balaban J connectivity index is 1.62. The average molecular weight is 447 g/mol. The van der Waals surface area contributed by atoms with Gasteiger partial charge in [0.15, 0.2) is 0 Å². The van der Waals surface area contributed by atoms with Gasteiger partial charge in [-0.3, -0.25) is 0 Å². The number of anilines is 2. The van der Waals surface area contributed by atoms with Crippen molar-refractivity contribution in [3.63, 3.8) is 0 Å². The van der Waals surface area contributed by atoms with E-state index in [9.17, 15) is 8.42 Å². The first kappa shape index (κ1) is 22.8. The molecule has 10 nitrogen and oxygen atoms in total. The highest BCUT2D eigenvalue weighted by Gasteiger charge is 2.13. The maximum atomic E-state index is 12.4. The van der Waals surface area contributed by atoms with Crippen LogP contribution in [0.4, 0.5) is 11.6 Å². The van der Waals surface area contributed by atoms with E-state index in [1.54, 1.807) is 31.6 Å². The van der Waals surface area contributed by atoms with Gasteiger partial charge in [0.25, 0.3) is 0 Å². The summed E-state index contributed by atoms with van der Waals surface area (Å²) in [6.07, 6.45) is 3.42. The van der Waals surface area contributed by atoms with E-state index in [2.05, 4.69) is 25.0 Å². The van der Waals surface area contributed by atoms with E-state index in [1.165, 1.54) is 12.1 Å². The molecular weight excluding hydrogens is 420 g/mol. The van der Waals surface area contributed by atoms with Crippen molar-refractivity contribution in [1.82, 2.24) is 24.2 Å². The number of aryl methyl sites for hydroxylation is 1. The van der Waals surface area contributed by atoms with E-state index in [0.29, 0.717) is 24.8 Å². The van der Waals surface area contributed by atoms with Gasteiger partial charge in [-0.25, -0.2) is 28.1 Å². The lowest BCUT2D eigenvalue weighted by Crippen LogP contribution is -2.27. The average Bonchev–Trinajstić information content (AvgIpc) is 3.10. The van der Waals surface area contributed by atoms with Crippen LogP contribution >= 0.6 is 0 Å². The van der Waals surface area contributed by atoms with E-state index < -0.39 is 10.0 Å². The molecule has 0 aliphatic heterocycles. The topological polar surface area (TPSA) is 120 Å². The summed E-state index contributed by atoms with van der Waals surface area (Å²) >= 11 is 0. The van der Waals surface area contributed by atoms with Crippen LogP contribution in [0.3, 0.4) is 0 Å². The number of rotatable bonds is 11. The van der Waals surface area contributed by atoms with Crippen LogP contribution in [0.2, 0.25) is 0 Å². The zero-order chi connectivity index (χ0) is 22.3. The van der Waals surface area contributed by atoms with E-state index in [1.807, 2.05) is 24.6 Å². The van der Waals surface area contributed by atoms with Gasteiger partial charge in [-0.15, -0.1) is 0 Å². The first-order chi connectivity index (χ1) is 14.9. The Kier molecular flexibility index (Phi) is 7.69. The number of aromatic nitrogens is 4. The monoisotopic (exact) mass is 446 g/mol. The summed E-state index contributed by atoms with van der Waals surface area (Å²) < 4.78 is 39.3. The van der Waals surface area contributed by atoms with Gasteiger partial charge >= 0.3 is 0 Å². The van der Waals surface area contributed by atoms with Crippen LogP contribution in [0.1, 0.15) is 5.82 Å². The Morgan fingerprint density at radius 2 is 1.84 bits per heavy atom. The molecule has 2 N–H and O–H groups in total. The lowest BCUT2D eigenvalue weighted by molar-refractivity contribution is 0.0736. The summed E-state index contributed by atoms with van der Waals surface area (Å²) in [5.74, 6) is 1.29. The van der Waals surface area contributed by atoms with Crippen molar-refractivity contribution in [2.24, 2.45) is 7.05 Å². The molecule has 0 unspecified atom stereocenters. The third-order valence-electron chi connectivity index (χ3n) is 4.53. The normalized spacial score (nSPS) is 11.6. The molecule has 0 amide bonds. The van der Waals surface area contributed by atoms with Crippen molar-refractivity contribution in [1.29, 1.82) is 0 Å². The van der Waals surface area contributed by atoms with Gasteiger partial charge in [-0.1, -0.05) is 0 Å². The molecule has 0 spiro atoms. The molecule has 0 aliphatic rings. The number of benzene rings is 1. The Morgan fingerprint density at radius 3 is 2.52 bits per heavy atom. The summed E-state index contributed by atoms with van der Waals surface area (Å²) in [5, 5.41) is 3.09. The van der Waals surface area contributed by atoms with Gasteiger partial charge in [-0.2, -0.15) is 0 Å². The highest BCUT2D eigenvalue weighted by Crippen LogP contribution is 2.21. The first-order valence-corrected chi connectivity index (χ1v) is 11.1. The van der Waals surface area contributed by atoms with Crippen molar-refractivity contribution in [3.8, 4) is 11.4 Å². The standard InChI is InChI=1S/C20H26N6O4S/c1-15-22-14-19(26(15)2)18-8-9-21-20(25-18)24-16-4-6-17(7-5-16)31(27,28)23-10-11-30-13-12-29-3/h4-9,14,23H,10-13H2,1-3H3,(H,21,24,25). The number of imidazole rings is 1. The molecule has 0 radical (unpaired) electrons. The maximum Gasteiger partial charge on any atom is 0.240 e. The molecule has 11 heteroatoms. The third-order valence-corrected chi connectivity index (χ3v) is 6.01. The number of methoxy groups -OCH3 is 1. The van der Waals surface area contributed by atoms with Crippen molar-refractivity contribution in [2.75, 3.05) is 38.8 Å². The zero-order valence-corrected chi connectivity index (χ0v) is 18.5. The van der Waals surface area contributed by atoms with Gasteiger partial charge in [0.1, 0.15) is 5.82 Å². The smallest absolute Gasteiger partial charge is 0.240 e. The van der Waals surface area contributed by atoms with Crippen LogP contribution in [-0.4, -0.2) is 61.4 Å². The number of ether oxygens (including phenoxy) is 2. The number of hydrogen-bond acceptors (Lipinski definition) is 8. The third kappa shape index (κ3) is 6.07. The van der Waals surface area contributed by atoms with E-state index in [0.717, 1.165) is 17.2 Å². The molecule has 0 bridgehead atoms. The fourth-order valence-electron chi connectivity index (χ4n) is 2.72.